The minimum atomic E-state index is -0.967. The average molecular weight is 541 g/mol. The highest BCUT2D eigenvalue weighted by atomic mass is 32.2. The number of carboxylic acid groups (broad SMARTS) is 2. The van der Waals surface area contributed by atoms with E-state index in [1.807, 2.05) is 6.08 Å². The Bertz CT molecular complexity index is 942. The zero-order chi connectivity index (χ0) is 27.4. The number of thioether (sulfide) groups is 1. The van der Waals surface area contributed by atoms with Crippen LogP contribution in [0.15, 0.2) is 71.6 Å². The fraction of sp³-hybridized carbons (Fsp3) is 0.500. The molecule has 2 aromatic carbocycles. The van der Waals surface area contributed by atoms with Gasteiger partial charge in [0.2, 0.25) is 0 Å². The second-order valence-corrected chi connectivity index (χ2v) is 11.2. The molecular weight excluding hydrogens is 496 g/mol. The van der Waals surface area contributed by atoms with Gasteiger partial charge in [-0.15, -0.1) is 11.8 Å². The van der Waals surface area contributed by atoms with Gasteiger partial charge < -0.3 is 15.3 Å². The van der Waals surface area contributed by atoms with Crippen LogP contribution in [0.2, 0.25) is 0 Å². The smallest absolute Gasteiger partial charge is 0.335 e. The summed E-state index contributed by atoms with van der Waals surface area (Å²) in [5.41, 5.74) is 1.67. The predicted octanol–water partition coefficient (Wildman–Crippen LogP) is 8.16. The predicted molar refractivity (Wildman–Crippen MR) is 156 cm³/mol. The van der Waals surface area contributed by atoms with Gasteiger partial charge in [-0.1, -0.05) is 87.4 Å². The fourth-order valence-corrected chi connectivity index (χ4v) is 5.50. The number of aromatic carboxylic acids is 1. The lowest BCUT2D eigenvalue weighted by atomic mass is 10.0. The van der Waals surface area contributed by atoms with Crippen molar-refractivity contribution >= 4 is 23.7 Å². The number of carboxylic acids is 2. The number of aliphatic hydroxyl groups excluding tert-OH is 1. The molecule has 0 aliphatic heterocycles. The van der Waals surface area contributed by atoms with Gasteiger partial charge in [0.25, 0.3) is 0 Å². The van der Waals surface area contributed by atoms with Crippen molar-refractivity contribution in [1.29, 1.82) is 0 Å². The number of benzene rings is 2. The molecule has 2 rings (SSSR count). The monoisotopic (exact) mass is 540 g/mol. The van der Waals surface area contributed by atoms with Gasteiger partial charge in [-0.25, -0.2) is 4.79 Å². The molecule has 0 fully saturated rings. The van der Waals surface area contributed by atoms with E-state index in [9.17, 15) is 14.7 Å². The number of aryl methyl sites for hydroxylation is 1. The van der Waals surface area contributed by atoms with Crippen molar-refractivity contribution in [1.82, 2.24) is 0 Å². The molecule has 0 saturated heterocycles. The molecule has 0 unspecified atom stereocenters. The highest BCUT2D eigenvalue weighted by molar-refractivity contribution is 8.00. The van der Waals surface area contributed by atoms with Crippen molar-refractivity contribution in [2.75, 3.05) is 0 Å². The van der Waals surface area contributed by atoms with E-state index in [2.05, 4.69) is 36.4 Å². The summed E-state index contributed by atoms with van der Waals surface area (Å²) in [6.07, 6.45) is 17.9. The van der Waals surface area contributed by atoms with Crippen molar-refractivity contribution in [2.45, 2.75) is 106 Å². The van der Waals surface area contributed by atoms with E-state index >= 15 is 0 Å². The van der Waals surface area contributed by atoms with Crippen molar-refractivity contribution in [3.63, 3.8) is 0 Å². The van der Waals surface area contributed by atoms with E-state index in [4.69, 9.17) is 10.2 Å². The molecule has 5 nitrogen and oxygen atoms in total. The van der Waals surface area contributed by atoms with Gasteiger partial charge in [0.05, 0.1) is 16.9 Å². The van der Waals surface area contributed by atoms with Crippen LogP contribution in [0.5, 0.6) is 0 Å². The highest BCUT2D eigenvalue weighted by Gasteiger charge is 2.18. The van der Waals surface area contributed by atoms with Crippen molar-refractivity contribution < 1.29 is 24.9 Å². The third kappa shape index (κ3) is 14.4. The Balaban J connectivity index is 1.62. The molecule has 0 aliphatic carbocycles. The maximum atomic E-state index is 11.1. The number of rotatable bonds is 21. The molecule has 0 amide bonds. The van der Waals surface area contributed by atoms with Crippen LogP contribution < -0.4 is 0 Å². The van der Waals surface area contributed by atoms with E-state index in [0.717, 1.165) is 17.7 Å². The molecule has 0 heterocycles. The molecule has 38 heavy (non-hydrogen) atoms. The van der Waals surface area contributed by atoms with Crippen molar-refractivity contribution in [3.8, 4) is 0 Å². The van der Waals surface area contributed by atoms with Gasteiger partial charge in [-0.3, -0.25) is 4.79 Å². The third-order valence-corrected chi connectivity index (χ3v) is 7.94. The van der Waals surface area contributed by atoms with Crippen LogP contribution in [0, 0.1) is 0 Å². The molecule has 0 bridgehead atoms. The first-order valence-corrected chi connectivity index (χ1v) is 14.9. The summed E-state index contributed by atoms with van der Waals surface area (Å²) < 4.78 is 0. The molecule has 3 N–H and O–H groups in total. The standard InChI is InChI=1S/C32H44O5S/c33-29(19-15-21-31(34)35)30(38-28-24-22-27(23-25-28)32(36)37)20-14-9-7-5-3-1-2-4-6-8-11-16-26-17-12-10-13-18-26/h10,12-14,17-18,20,22-25,29-30,33H,1-9,11,15-16,19,21H2,(H,34,35)(H,36,37)/b20-14-/t29-,30+/m0/s1. The maximum Gasteiger partial charge on any atom is 0.335 e. The number of allylic oxidation sites excluding steroid dienone is 1. The van der Waals surface area contributed by atoms with E-state index < -0.39 is 18.0 Å². The minimum absolute atomic E-state index is 0.0408. The minimum Gasteiger partial charge on any atom is -0.481 e. The van der Waals surface area contributed by atoms with Crippen molar-refractivity contribution in [2.24, 2.45) is 0 Å². The van der Waals surface area contributed by atoms with Gasteiger partial charge in [0.15, 0.2) is 0 Å². The Hall–Kier alpha value is -2.57. The maximum absolute atomic E-state index is 11.1. The molecule has 0 aliphatic rings. The quantitative estimate of drug-likeness (QED) is 0.0840. The number of unbranched alkanes of at least 4 members (excludes halogenated alkanes) is 9. The van der Waals surface area contributed by atoms with Crippen LogP contribution in [0.25, 0.3) is 0 Å². The Labute approximate surface area is 232 Å². The molecule has 0 spiro atoms. The van der Waals surface area contributed by atoms with E-state index in [1.54, 1.807) is 24.3 Å². The number of aliphatic carboxylic acids is 1. The summed E-state index contributed by atoms with van der Waals surface area (Å²) in [4.78, 5) is 22.8. The Kier molecular flexibility index (Phi) is 16.2. The van der Waals surface area contributed by atoms with Crippen molar-refractivity contribution in [3.05, 3.63) is 77.9 Å². The molecule has 0 radical (unpaired) electrons. The summed E-state index contributed by atoms with van der Waals surface area (Å²) in [6.45, 7) is 0. The largest absolute Gasteiger partial charge is 0.481 e. The van der Waals surface area contributed by atoms with Gasteiger partial charge >= 0.3 is 11.9 Å². The van der Waals surface area contributed by atoms with Gasteiger partial charge in [-0.2, -0.15) is 0 Å². The molecule has 2 atom stereocenters. The first kappa shape index (κ1) is 31.6. The second-order valence-electron chi connectivity index (χ2n) is 9.90. The van der Waals surface area contributed by atoms with Crippen LogP contribution in [-0.2, 0) is 11.2 Å². The lowest BCUT2D eigenvalue weighted by molar-refractivity contribution is -0.137. The summed E-state index contributed by atoms with van der Waals surface area (Å²) in [7, 11) is 0. The van der Waals surface area contributed by atoms with E-state index in [1.165, 1.54) is 75.1 Å². The van der Waals surface area contributed by atoms with Gasteiger partial charge in [0, 0.05) is 11.3 Å². The molecule has 6 heteroatoms. The number of carbonyl (C=O) groups is 2. The van der Waals surface area contributed by atoms with E-state index in [0.29, 0.717) is 12.8 Å². The molecule has 208 valence electrons. The van der Waals surface area contributed by atoms with Gasteiger partial charge in [0.1, 0.15) is 0 Å². The number of hydrogen-bond acceptors (Lipinski definition) is 4. The highest BCUT2D eigenvalue weighted by Crippen LogP contribution is 2.29. The Morgan fingerprint density at radius 2 is 1.37 bits per heavy atom. The lowest BCUT2D eigenvalue weighted by Gasteiger charge is -2.19. The van der Waals surface area contributed by atoms with Crippen LogP contribution in [0.1, 0.15) is 99.4 Å². The summed E-state index contributed by atoms with van der Waals surface area (Å²) in [5, 5.41) is 28.5. The molecule has 0 saturated carbocycles. The lowest BCUT2D eigenvalue weighted by Crippen LogP contribution is -2.21. The topological polar surface area (TPSA) is 94.8 Å². The molecular formula is C32H44O5S. The summed E-state index contributed by atoms with van der Waals surface area (Å²) >= 11 is 1.48. The van der Waals surface area contributed by atoms with Crippen LogP contribution in [0.3, 0.4) is 0 Å². The van der Waals surface area contributed by atoms with E-state index in [-0.39, 0.29) is 17.2 Å². The van der Waals surface area contributed by atoms with Crippen LogP contribution in [0.4, 0.5) is 0 Å². The van der Waals surface area contributed by atoms with Gasteiger partial charge in [-0.05, 0) is 68.4 Å². The first-order chi connectivity index (χ1) is 18.5. The SMILES string of the molecule is O=C(O)CCC[C@H](O)[C@@H](/C=C\CCCCCCCCCCCc1ccccc1)Sc1ccc(C(=O)O)cc1. The third-order valence-electron chi connectivity index (χ3n) is 6.65. The van der Waals surface area contributed by atoms with Crippen LogP contribution in [-0.4, -0.2) is 38.6 Å². The average Bonchev–Trinajstić information content (AvgIpc) is 2.91. The number of hydrogen-bond donors (Lipinski definition) is 3. The number of aliphatic hydroxyl groups is 1. The Morgan fingerprint density at radius 3 is 1.97 bits per heavy atom. The molecule has 0 aromatic heterocycles. The zero-order valence-electron chi connectivity index (χ0n) is 22.5. The molecule has 2 aromatic rings. The normalized spacial score (nSPS) is 13.0. The first-order valence-electron chi connectivity index (χ1n) is 14.1. The summed E-state index contributed by atoms with van der Waals surface area (Å²) in [6, 6.07) is 17.3. The summed E-state index contributed by atoms with van der Waals surface area (Å²) in [5.74, 6) is -1.82. The van der Waals surface area contributed by atoms with Crippen LogP contribution >= 0.6 is 11.8 Å². The fourth-order valence-electron chi connectivity index (χ4n) is 4.41. The zero-order valence-corrected chi connectivity index (χ0v) is 23.3. The second kappa shape index (κ2) is 19.5. The Morgan fingerprint density at radius 1 is 0.763 bits per heavy atom.